The third kappa shape index (κ3) is 9.21. The van der Waals surface area contributed by atoms with E-state index in [0.29, 0.717) is 0 Å². The third-order valence-electron chi connectivity index (χ3n) is 3.18. The van der Waals surface area contributed by atoms with Gasteiger partial charge < -0.3 is 5.32 Å². The number of hydrogen-bond acceptors (Lipinski definition) is 1. The summed E-state index contributed by atoms with van der Waals surface area (Å²) in [5.41, 5.74) is 0. The Balaban J connectivity index is 3.88. The molecule has 0 aliphatic carbocycles. The quantitative estimate of drug-likeness (QED) is 0.543. The molecule has 0 rings (SSSR count). The van der Waals surface area contributed by atoms with Crippen LogP contribution in [0.2, 0.25) is 0 Å². The number of nitrogens with one attached hydrogen (secondary N) is 1. The van der Waals surface area contributed by atoms with Gasteiger partial charge in [0.15, 0.2) is 0 Å². The molecule has 0 heterocycles. The minimum Gasteiger partial charge on any atom is -0.316 e. The molecule has 0 aliphatic heterocycles. The second-order valence-corrected chi connectivity index (χ2v) is 5.83. The van der Waals surface area contributed by atoms with Crippen LogP contribution in [0.5, 0.6) is 0 Å². The van der Waals surface area contributed by atoms with E-state index in [9.17, 15) is 0 Å². The molecule has 0 spiro atoms. The molecule has 0 aliphatic rings. The van der Waals surface area contributed by atoms with Crippen molar-refractivity contribution in [1.29, 1.82) is 0 Å². The molecule has 16 heavy (non-hydrogen) atoms. The summed E-state index contributed by atoms with van der Waals surface area (Å²) in [6.07, 6.45) is 6.76. The van der Waals surface area contributed by atoms with Gasteiger partial charge in [-0.1, -0.05) is 47.5 Å². The Bertz CT molecular complexity index is 142. The molecule has 98 valence electrons. The maximum absolute atomic E-state index is 3.59. The molecule has 0 bridgehead atoms. The highest BCUT2D eigenvalue weighted by molar-refractivity contribution is 4.68. The van der Waals surface area contributed by atoms with E-state index in [1.807, 2.05) is 0 Å². The van der Waals surface area contributed by atoms with Crippen molar-refractivity contribution in [2.24, 2.45) is 17.8 Å². The van der Waals surface area contributed by atoms with Crippen LogP contribution >= 0.6 is 0 Å². The first-order valence-electron chi connectivity index (χ1n) is 7.30. The smallest absolute Gasteiger partial charge is 0.00203 e. The molecule has 1 heteroatoms. The molecule has 0 aromatic carbocycles. The molecule has 0 saturated heterocycles. The van der Waals surface area contributed by atoms with Gasteiger partial charge in [-0.25, -0.2) is 0 Å². The van der Waals surface area contributed by atoms with Gasteiger partial charge in [0.1, 0.15) is 0 Å². The summed E-state index contributed by atoms with van der Waals surface area (Å²) in [5, 5.41) is 3.59. The Hall–Kier alpha value is -0.0400. The van der Waals surface area contributed by atoms with Gasteiger partial charge in [0.25, 0.3) is 0 Å². The van der Waals surface area contributed by atoms with E-state index in [1.165, 1.54) is 45.2 Å². The molecule has 0 aromatic heterocycles. The zero-order chi connectivity index (χ0) is 12.4. The lowest BCUT2D eigenvalue weighted by Crippen LogP contribution is -2.26. The van der Waals surface area contributed by atoms with Gasteiger partial charge >= 0.3 is 0 Å². The lowest BCUT2D eigenvalue weighted by atomic mass is 9.87. The zero-order valence-corrected chi connectivity index (χ0v) is 12.2. The van der Waals surface area contributed by atoms with E-state index in [-0.39, 0.29) is 0 Å². The molecule has 2 unspecified atom stereocenters. The summed E-state index contributed by atoms with van der Waals surface area (Å²) in [5.74, 6) is 2.62. The van der Waals surface area contributed by atoms with E-state index in [1.54, 1.807) is 0 Å². The lowest BCUT2D eigenvalue weighted by Gasteiger charge is -2.23. The number of hydrogen-bond donors (Lipinski definition) is 1. The van der Waals surface area contributed by atoms with Crippen molar-refractivity contribution in [2.75, 3.05) is 13.1 Å². The van der Waals surface area contributed by atoms with Crippen molar-refractivity contribution < 1.29 is 0 Å². The van der Waals surface area contributed by atoms with E-state index in [0.717, 1.165) is 17.8 Å². The Morgan fingerprint density at radius 3 is 2.12 bits per heavy atom. The molecule has 0 fully saturated rings. The standard InChI is InChI=1S/C15H33N/c1-6-8-14(5)11-15(10-13(3)4)12-16-9-7-2/h13-16H,6-12H2,1-5H3. The van der Waals surface area contributed by atoms with Gasteiger partial charge in [0.2, 0.25) is 0 Å². The summed E-state index contributed by atoms with van der Waals surface area (Å²) in [7, 11) is 0. The maximum atomic E-state index is 3.59. The maximum Gasteiger partial charge on any atom is -0.00203 e. The van der Waals surface area contributed by atoms with Gasteiger partial charge in [-0.3, -0.25) is 0 Å². The molecule has 0 amide bonds. The van der Waals surface area contributed by atoms with Crippen LogP contribution in [0, 0.1) is 17.8 Å². The van der Waals surface area contributed by atoms with Crippen LogP contribution < -0.4 is 5.32 Å². The molecule has 0 aromatic rings. The fraction of sp³-hybridized carbons (Fsp3) is 1.00. The molecule has 0 saturated carbocycles. The first kappa shape index (κ1) is 16.0. The minimum absolute atomic E-state index is 0.835. The number of rotatable bonds is 10. The highest BCUT2D eigenvalue weighted by Crippen LogP contribution is 2.22. The van der Waals surface area contributed by atoms with E-state index in [4.69, 9.17) is 0 Å². The Morgan fingerprint density at radius 2 is 1.62 bits per heavy atom. The minimum atomic E-state index is 0.835. The fourth-order valence-corrected chi connectivity index (χ4v) is 2.59. The van der Waals surface area contributed by atoms with Crippen molar-refractivity contribution >= 4 is 0 Å². The fourth-order valence-electron chi connectivity index (χ4n) is 2.59. The molecule has 2 atom stereocenters. The van der Waals surface area contributed by atoms with Crippen LogP contribution in [-0.2, 0) is 0 Å². The van der Waals surface area contributed by atoms with Crippen LogP contribution in [-0.4, -0.2) is 13.1 Å². The summed E-state index contributed by atoms with van der Waals surface area (Å²) in [6.45, 7) is 14.0. The molecule has 0 radical (unpaired) electrons. The lowest BCUT2D eigenvalue weighted by molar-refractivity contribution is 0.310. The van der Waals surface area contributed by atoms with Crippen LogP contribution in [0.4, 0.5) is 0 Å². The summed E-state index contributed by atoms with van der Waals surface area (Å²) >= 11 is 0. The van der Waals surface area contributed by atoms with Gasteiger partial charge in [0, 0.05) is 0 Å². The topological polar surface area (TPSA) is 12.0 Å². The average molecular weight is 227 g/mol. The predicted molar refractivity (Wildman–Crippen MR) is 74.8 cm³/mol. The van der Waals surface area contributed by atoms with Crippen LogP contribution in [0.15, 0.2) is 0 Å². The SMILES string of the molecule is CCCNCC(CC(C)C)CC(C)CCC. The predicted octanol–water partition coefficient (Wildman–Crippen LogP) is 4.47. The van der Waals surface area contributed by atoms with E-state index in [2.05, 4.69) is 39.9 Å². The van der Waals surface area contributed by atoms with Gasteiger partial charge in [-0.15, -0.1) is 0 Å². The van der Waals surface area contributed by atoms with E-state index >= 15 is 0 Å². The first-order valence-corrected chi connectivity index (χ1v) is 7.30. The highest BCUT2D eigenvalue weighted by Gasteiger charge is 2.14. The third-order valence-corrected chi connectivity index (χ3v) is 3.18. The van der Waals surface area contributed by atoms with Gasteiger partial charge in [-0.2, -0.15) is 0 Å². The van der Waals surface area contributed by atoms with Crippen LogP contribution in [0.3, 0.4) is 0 Å². The normalized spacial score (nSPS) is 15.4. The first-order chi connectivity index (χ1) is 7.60. The largest absolute Gasteiger partial charge is 0.316 e. The monoisotopic (exact) mass is 227 g/mol. The van der Waals surface area contributed by atoms with Crippen LogP contribution in [0.1, 0.15) is 66.7 Å². The summed E-state index contributed by atoms with van der Waals surface area (Å²) in [6, 6.07) is 0. The van der Waals surface area contributed by atoms with Crippen molar-refractivity contribution in [3.05, 3.63) is 0 Å². The van der Waals surface area contributed by atoms with Crippen molar-refractivity contribution in [3.63, 3.8) is 0 Å². The molecular weight excluding hydrogens is 194 g/mol. The second kappa shape index (κ2) is 10.1. The molecular formula is C15H33N. The van der Waals surface area contributed by atoms with Crippen molar-refractivity contribution in [3.8, 4) is 0 Å². The molecule has 1 N–H and O–H groups in total. The summed E-state index contributed by atoms with van der Waals surface area (Å²) in [4.78, 5) is 0. The van der Waals surface area contributed by atoms with Gasteiger partial charge in [0.05, 0.1) is 0 Å². The zero-order valence-electron chi connectivity index (χ0n) is 12.2. The summed E-state index contributed by atoms with van der Waals surface area (Å²) < 4.78 is 0. The van der Waals surface area contributed by atoms with Crippen LogP contribution in [0.25, 0.3) is 0 Å². The Morgan fingerprint density at radius 1 is 0.938 bits per heavy atom. The Labute approximate surface area is 103 Å². The van der Waals surface area contributed by atoms with Crippen molar-refractivity contribution in [1.82, 2.24) is 5.32 Å². The molecule has 1 nitrogen and oxygen atoms in total. The Kier molecular flexibility index (Phi) is 10.1. The van der Waals surface area contributed by atoms with Crippen molar-refractivity contribution in [2.45, 2.75) is 66.7 Å². The van der Waals surface area contributed by atoms with Gasteiger partial charge in [-0.05, 0) is 50.1 Å². The second-order valence-electron chi connectivity index (χ2n) is 5.83. The van der Waals surface area contributed by atoms with E-state index < -0.39 is 0 Å². The average Bonchev–Trinajstić information content (AvgIpc) is 2.17. The highest BCUT2D eigenvalue weighted by atomic mass is 14.8.